The number of carbonyl (C=O) groups is 3. The molecule has 0 saturated carbocycles. The van der Waals surface area contributed by atoms with Crippen LogP contribution in [-0.4, -0.2) is 28.0 Å². The van der Waals surface area contributed by atoms with Crippen LogP contribution in [0, 0.1) is 0 Å². The van der Waals surface area contributed by atoms with Gasteiger partial charge in [0.25, 0.3) is 0 Å². The van der Waals surface area contributed by atoms with E-state index >= 15 is 0 Å². The van der Waals surface area contributed by atoms with Gasteiger partial charge < -0.3 is 10.1 Å². The Morgan fingerprint density at radius 2 is 1.71 bits per heavy atom. The second kappa shape index (κ2) is 8.45. The van der Waals surface area contributed by atoms with Gasteiger partial charge in [-0.15, -0.1) is 5.10 Å². The zero-order chi connectivity index (χ0) is 20.3. The van der Waals surface area contributed by atoms with Gasteiger partial charge in [-0.3, -0.25) is 9.59 Å². The van der Waals surface area contributed by atoms with Crippen molar-refractivity contribution >= 4 is 46.3 Å². The van der Waals surface area contributed by atoms with Crippen LogP contribution in [0.5, 0.6) is 5.75 Å². The molecule has 2 aromatic rings. The Bertz CT molecular complexity index is 945. The summed E-state index contributed by atoms with van der Waals surface area (Å²) in [6.07, 6.45) is 0. The largest absolute Gasteiger partial charge is 0.423 e. The summed E-state index contributed by atoms with van der Waals surface area (Å²) in [5.41, 5.74) is 1.16. The molecule has 1 atom stereocenters. The molecule has 2 amide bonds. The Morgan fingerprint density at radius 3 is 2.29 bits per heavy atom. The molecule has 0 saturated heterocycles. The number of rotatable bonds is 3. The van der Waals surface area contributed by atoms with Crippen LogP contribution in [0.2, 0.25) is 5.02 Å². The van der Waals surface area contributed by atoms with Gasteiger partial charge in [-0.25, -0.2) is 9.80 Å². The van der Waals surface area contributed by atoms with E-state index in [9.17, 15) is 14.4 Å². The SMILES string of the molecule is CC(=O)NC1=NN(C(C)=O)C(c2ccc(OC(=O)c3ccc(Cl)cc3)cc2)S1. The normalized spacial score (nSPS) is 15.8. The Kier molecular flexibility index (Phi) is 6.01. The Morgan fingerprint density at radius 1 is 1.07 bits per heavy atom. The molecule has 1 aliphatic heterocycles. The minimum Gasteiger partial charge on any atom is -0.423 e. The highest BCUT2D eigenvalue weighted by Crippen LogP contribution is 2.39. The van der Waals surface area contributed by atoms with Gasteiger partial charge in [-0.1, -0.05) is 35.5 Å². The predicted octanol–water partition coefficient (Wildman–Crippen LogP) is 3.56. The lowest BCUT2D eigenvalue weighted by atomic mass is 10.2. The van der Waals surface area contributed by atoms with E-state index in [0.29, 0.717) is 21.5 Å². The van der Waals surface area contributed by atoms with Crippen molar-refractivity contribution in [3.8, 4) is 5.75 Å². The maximum absolute atomic E-state index is 12.2. The highest BCUT2D eigenvalue weighted by Gasteiger charge is 2.32. The van der Waals surface area contributed by atoms with Crippen molar-refractivity contribution in [2.24, 2.45) is 5.10 Å². The van der Waals surface area contributed by atoms with Crippen molar-refractivity contribution in [2.45, 2.75) is 19.2 Å². The molecule has 1 unspecified atom stereocenters. The monoisotopic (exact) mass is 417 g/mol. The molecule has 1 N–H and O–H groups in total. The van der Waals surface area contributed by atoms with Crippen LogP contribution in [0.1, 0.15) is 35.1 Å². The third kappa shape index (κ3) is 4.71. The van der Waals surface area contributed by atoms with Gasteiger partial charge in [0, 0.05) is 18.9 Å². The van der Waals surface area contributed by atoms with Gasteiger partial charge in [0.1, 0.15) is 11.1 Å². The Labute approximate surface area is 170 Å². The summed E-state index contributed by atoms with van der Waals surface area (Å²) in [7, 11) is 0. The smallest absolute Gasteiger partial charge is 0.343 e. The Balaban J connectivity index is 1.71. The van der Waals surface area contributed by atoms with Gasteiger partial charge in [-0.2, -0.15) is 0 Å². The average molecular weight is 418 g/mol. The number of esters is 1. The minimum absolute atomic E-state index is 0.254. The summed E-state index contributed by atoms with van der Waals surface area (Å²) >= 11 is 7.06. The van der Waals surface area contributed by atoms with E-state index in [1.165, 1.54) is 30.6 Å². The summed E-state index contributed by atoms with van der Waals surface area (Å²) in [4.78, 5) is 35.3. The van der Waals surface area contributed by atoms with Crippen molar-refractivity contribution in [3.63, 3.8) is 0 Å². The fraction of sp³-hybridized carbons (Fsp3) is 0.158. The van der Waals surface area contributed by atoms with Gasteiger partial charge in [-0.05, 0) is 42.0 Å². The van der Waals surface area contributed by atoms with E-state index < -0.39 is 11.3 Å². The first-order valence-corrected chi connectivity index (χ1v) is 9.49. The van der Waals surface area contributed by atoms with E-state index in [1.807, 2.05) is 0 Å². The number of thioether (sulfide) groups is 1. The van der Waals surface area contributed by atoms with Crippen LogP contribution < -0.4 is 10.1 Å². The number of carbonyl (C=O) groups excluding carboxylic acids is 3. The molecule has 0 bridgehead atoms. The molecule has 0 spiro atoms. The second-order valence-corrected chi connectivity index (χ2v) is 7.39. The number of hydrazone groups is 1. The summed E-state index contributed by atoms with van der Waals surface area (Å²) in [5, 5.41) is 8.49. The molecule has 1 heterocycles. The standard InChI is InChI=1S/C19H16ClN3O4S/c1-11(24)21-19-22-23(12(2)25)17(28-19)13-5-9-16(10-6-13)27-18(26)14-3-7-15(20)8-4-14/h3-10,17H,1-2H3,(H,21,22,24). The number of hydrogen-bond acceptors (Lipinski definition) is 6. The van der Waals surface area contributed by atoms with Gasteiger partial charge in [0.05, 0.1) is 5.56 Å². The lowest BCUT2D eigenvalue weighted by Crippen LogP contribution is -2.25. The van der Waals surface area contributed by atoms with Crippen LogP contribution in [0.25, 0.3) is 0 Å². The summed E-state index contributed by atoms with van der Waals surface area (Å²) in [6, 6.07) is 13.1. The van der Waals surface area contributed by atoms with Crippen molar-refractivity contribution in [3.05, 3.63) is 64.7 Å². The molecule has 2 aromatic carbocycles. The molecule has 0 aliphatic carbocycles. The van der Waals surface area contributed by atoms with Crippen LogP contribution in [0.15, 0.2) is 53.6 Å². The number of amidine groups is 1. The molecule has 3 rings (SSSR count). The van der Waals surface area contributed by atoms with Crippen LogP contribution in [0.3, 0.4) is 0 Å². The number of nitrogens with one attached hydrogen (secondary N) is 1. The number of benzene rings is 2. The van der Waals surface area contributed by atoms with Crippen LogP contribution in [-0.2, 0) is 9.59 Å². The zero-order valence-electron chi connectivity index (χ0n) is 15.0. The van der Waals surface area contributed by atoms with Gasteiger partial charge >= 0.3 is 5.97 Å². The molecule has 0 radical (unpaired) electrons. The fourth-order valence-corrected chi connectivity index (χ4v) is 3.70. The van der Waals surface area contributed by atoms with E-state index in [-0.39, 0.29) is 11.8 Å². The number of nitrogens with zero attached hydrogens (tertiary/aromatic N) is 2. The molecule has 144 valence electrons. The molecule has 7 nitrogen and oxygen atoms in total. The molecule has 1 aliphatic rings. The third-order valence-corrected chi connectivity index (χ3v) is 5.06. The molecule has 28 heavy (non-hydrogen) atoms. The number of hydrogen-bond donors (Lipinski definition) is 1. The average Bonchev–Trinajstić information content (AvgIpc) is 3.06. The quantitative estimate of drug-likeness (QED) is 0.609. The second-order valence-electron chi connectivity index (χ2n) is 5.89. The number of amides is 2. The highest BCUT2D eigenvalue weighted by molar-refractivity contribution is 8.14. The number of halogens is 1. The van der Waals surface area contributed by atoms with Crippen LogP contribution in [0.4, 0.5) is 0 Å². The van der Waals surface area contributed by atoms with E-state index in [4.69, 9.17) is 16.3 Å². The molecular weight excluding hydrogens is 402 g/mol. The zero-order valence-corrected chi connectivity index (χ0v) is 16.6. The van der Waals surface area contributed by atoms with E-state index in [0.717, 1.165) is 5.56 Å². The molecule has 9 heteroatoms. The highest BCUT2D eigenvalue weighted by atomic mass is 35.5. The Hall–Kier alpha value is -2.84. The van der Waals surface area contributed by atoms with Crippen molar-refractivity contribution in [1.29, 1.82) is 0 Å². The fourth-order valence-electron chi connectivity index (χ4n) is 2.43. The number of ether oxygens (including phenoxy) is 1. The summed E-state index contributed by atoms with van der Waals surface area (Å²) in [5.74, 6) is -0.652. The lowest BCUT2D eigenvalue weighted by Gasteiger charge is -2.19. The van der Waals surface area contributed by atoms with E-state index in [2.05, 4.69) is 10.4 Å². The summed E-state index contributed by atoms with van der Waals surface area (Å²) < 4.78 is 5.35. The van der Waals surface area contributed by atoms with Gasteiger partial charge in [0.15, 0.2) is 5.17 Å². The lowest BCUT2D eigenvalue weighted by molar-refractivity contribution is -0.129. The maximum Gasteiger partial charge on any atom is 0.343 e. The first-order valence-electron chi connectivity index (χ1n) is 8.24. The first-order chi connectivity index (χ1) is 13.3. The summed E-state index contributed by atoms with van der Waals surface area (Å²) in [6.45, 7) is 2.77. The topological polar surface area (TPSA) is 88.1 Å². The third-order valence-electron chi connectivity index (χ3n) is 3.71. The van der Waals surface area contributed by atoms with Crippen molar-refractivity contribution < 1.29 is 19.1 Å². The van der Waals surface area contributed by atoms with Crippen molar-refractivity contribution in [1.82, 2.24) is 10.3 Å². The van der Waals surface area contributed by atoms with Gasteiger partial charge in [0.2, 0.25) is 11.8 Å². The van der Waals surface area contributed by atoms with Crippen LogP contribution >= 0.6 is 23.4 Å². The molecular formula is C19H16ClN3O4S. The molecule has 0 aromatic heterocycles. The molecule has 0 fully saturated rings. The minimum atomic E-state index is -0.499. The maximum atomic E-state index is 12.2. The predicted molar refractivity (Wildman–Crippen MR) is 107 cm³/mol. The van der Waals surface area contributed by atoms with Crippen molar-refractivity contribution in [2.75, 3.05) is 0 Å². The first kappa shape index (κ1) is 19.9. The van der Waals surface area contributed by atoms with E-state index in [1.54, 1.807) is 48.5 Å².